The third-order valence-corrected chi connectivity index (χ3v) is 6.10. The van der Waals surface area contributed by atoms with Crippen LogP contribution in [0.1, 0.15) is 41.8 Å². The van der Waals surface area contributed by atoms with Crippen molar-refractivity contribution < 1.29 is 9.32 Å². The van der Waals surface area contributed by atoms with Gasteiger partial charge >= 0.3 is 0 Å². The molecular formula is C22H24N6O2. The zero-order valence-electron chi connectivity index (χ0n) is 17.2. The van der Waals surface area contributed by atoms with Crippen molar-refractivity contribution in [3.63, 3.8) is 0 Å². The maximum atomic E-state index is 13.0. The fourth-order valence-electron chi connectivity index (χ4n) is 4.41. The van der Waals surface area contributed by atoms with Gasteiger partial charge in [-0.15, -0.1) is 0 Å². The largest absolute Gasteiger partial charge is 0.338 e. The highest BCUT2D eigenvalue weighted by Gasteiger charge is 2.30. The van der Waals surface area contributed by atoms with Crippen LogP contribution in [0, 0.1) is 19.8 Å². The van der Waals surface area contributed by atoms with Crippen molar-refractivity contribution in [3.8, 4) is 22.8 Å². The van der Waals surface area contributed by atoms with Gasteiger partial charge in [-0.1, -0.05) is 17.3 Å². The number of aromatic nitrogens is 5. The van der Waals surface area contributed by atoms with Crippen molar-refractivity contribution in [1.29, 1.82) is 0 Å². The van der Waals surface area contributed by atoms with Crippen LogP contribution in [0.5, 0.6) is 0 Å². The third kappa shape index (κ3) is 3.22. The molecule has 1 aliphatic carbocycles. The van der Waals surface area contributed by atoms with Crippen LogP contribution < -0.4 is 0 Å². The summed E-state index contributed by atoms with van der Waals surface area (Å²) in [5, 5.41) is 11.1. The number of allylic oxidation sites excluding steroid dienone is 2. The minimum absolute atomic E-state index is 0.104. The van der Waals surface area contributed by atoms with E-state index in [1.165, 1.54) is 0 Å². The second-order valence-electron chi connectivity index (χ2n) is 8.05. The van der Waals surface area contributed by atoms with E-state index < -0.39 is 0 Å². The summed E-state index contributed by atoms with van der Waals surface area (Å²) < 4.78 is 5.51. The molecule has 0 fully saturated rings. The number of hydrogen-bond acceptors (Lipinski definition) is 6. The van der Waals surface area contributed by atoms with Gasteiger partial charge in [0.2, 0.25) is 11.7 Å². The Bertz CT molecular complexity index is 1130. The molecule has 8 nitrogen and oxygen atoms in total. The molecule has 0 spiro atoms. The van der Waals surface area contributed by atoms with Crippen LogP contribution in [-0.4, -0.2) is 42.7 Å². The molecule has 3 aromatic rings. The molecule has 5 rings (SSSR count). The van der Waals surface area contributed by atoms with Gasteiger partial charge in [0.05, 0.1) is 11.8 Å². The van der Waals surface area contributed by atoms with Gasteiger partial charge in [-0.3, -0.25) is 14.9 Å². The number of nitrogens with one attached hydrogen (secondary N) is 1. The van der Waals surface area contributed by atoms with Crippen LogP contribution in [0.15, 0.2) is 29.1 Å². The number of amides is 1. The number of pyridine rings is 1. The number of aryl methyl sites for hydroxylation is 2. The second-order valence-corrected chi connectivity index (χ2v) is 8.05. The Balaban J connectivity index is 1.44. The lowest BCUT2D eigenvalue weighted by molar-refractivity contribution is -0.136. The summed E-state index contributed by atoms with van der Waals surface area (Å²) in [6.45, 7) is 5.16. The number of hydrogen-bond donors (Lipinski definition) is 1. The molecule has 1 unspecified atom stereocenters. The Morgan fingerprint density at radius 1 is 1.27 bits per heavy atom. The molecule has 8 heteroatoms. The van der Waals surface area contributed by atoms with E-state index in [0.29, 0.717) is 24.8 Å². The van der Waals surface area contributed by atoms with Gasteiger partial charge < -0.3 is 9.42 Å². The predicted octanol–water partition coefficient (Wildman–Crippen LogP) is 3.38. The van der Waals surface area contributed by atoms with Crippen molar-refractivity contribution in [2.45, 2.75) is 46.1 Å². The Hall–Kier alpha value is -3.29. The smallest absolute Gasteiger partial charge is 0.261 e. The van der Waals surface area contributed by atoms with Crippen LogP contribution >= 0.6 is 0 Å². The highest BCUT2D eigenvalue weighted by molar-refractivity contribution is 5.80. The number of carbonyl (C=O) groups is 1. The van der Waals surface area contributed by atoms with Gasteiger partial charge in [0, 0.05) is 42.2 Å². The first kappa shape index (κ1) is 18.7. The van der Waals surface area contributed by atoms with Gasteiger partial charge in [-0.05, 0) is 50.7 Å². The van der Waals surface area contributed by atoms with E-state index in [1.807, 2.05) is 24.9 Å². The number of carbonyl (C=O) groups excluding carboxylic acids is 1. The Morgan fingerprint density at radius 2 is 2.17 bits per heavy atom. The summed E-state index contributed by atoms with van der Waals surface area (Å²) in [6, 6.07) is 0. The van der Waals surface area contributed by atoms with Crippen molar-refractivity contribution in [2.75, 3.05) is 6.54 Å². The predicted molar refractivity (Wildman–Crippen MR) is 110 cm³/mol. The molecular weight excluding hydrogens is 380 g/mol. The monoisotopic (exact) mass is 404 g/mol. The van der Waals surface area contributed by atoms with Crippen molar-refractivity contribution in [3.05, 3.63) is 47.1 Å². The number of H-pyrrole nitrogens is 1. The standard InChI is InChI=1S/C22H24N6O2/c1-13-18(11-24-26-13)21-25-20(27-30-21)19-14(2)23-10-16-12-28(9-8-17(16)19)22(29)15-6-4-3-5-7-15/h3-4,10-11,15H,5-9,12H2,1-2H3,(H,24,26). The molecule has 1 N–H and O–H groups in total. The third-order valence-electron chi connectivity index (χ3n) is 6.10. The topological polar surface area (TPSA) is 101 Å². The minimum atomic E-state index is 0.104. The maximum Gasteiger partial charge on any atom is 0.261 e. The lowest BCUT2D eigenvalue weighted by Gasteiger charge is -2.33. The summed E-state index contributed by atoms with van der Waals surface area (Å²) in [5.74, 6) is 1.33. The molecule has 0 bridgehead atoms. The van der Waals surface area contributed by atoms with Gasteiger partial charge in [-0.2, -0.15) is 10.1 Å². The molecule has 0 aromatic carbocycles. The molecule has 154 valence electrons. The minimum Gasteiger partial charge on any atom is -0.338 e. The van der Waals surface area contributed by atoms with E-state index in [4.69, 9.17) is 4.52 Å². The highest BCUT2D eigenvalue weighted by atomic mass is 16.5. The number of rotatable bonds is 3. The number of fused-ring (bicyclic) bond motifs is 1. The summed E-state index contributed by atoms with van der Waals surface area (Å²) in [4.78, 5) is 24.1. The molecule has 30 heavy (non-hydrogen) atoms. The molecule has 1 amide bonds. The Kier molecular flexibility index (Phi) is 4.69. The molecule has 0 saturated carbocycles. The number of aromatic amines is 1. The zero-order chi connectivity index (χ0) is 20.7. The second kappa shape index (κ2) is 7.51. The highest BCUT2D eigenvalue weighted by Crippen LogP contribution is 2.33. The molecule has 1 aliphatic heterocycles. The van der Waals surface area contributed by atoms with Crippen molar-refractivity contribution in [2.24, 2.45) is 5.92 Å². The summed E-state index contributed by atoms with van der Waals surface area (Å²) in [5.41, 5.74) is 5.67. The van der Waals surface area contributed by atoms with Crippen LogP contribution in [0.25, 0.3) is 22.8 Å². The maximum absolute atomic E-state index is 13.0. The van der Waals surface area contributed by atoms with Crippen molar-refractivity contribution in [1.82, 2.24) is 30.2 Å². The summed E-state index contributed by atoms with van der Waals surface area (Å²) in [6.07, 6.45) is 11.4. The van der Waals surface area contributed by atoms with Gasteiger partial charge in [0.15, 0.2) is 0 Å². The first-order chi connectivity index (χ1) is 14.6. The molecule has 1 atom stereocenters. The molecule has 0 radical (unpaired) electrons. The average Bonchev–Trinajstić information content (AvgIpc) is 3.42. The fourth-order valence-corrected chi connectivity index (χ4v) is 4.41. The van der Waals surface area contributed by atoms with E-state index >= 15 is 0 Å². The lowest BCUT2D eigenvalue weighted by Crippen LogP contribution is -2.40. The molecule has 3 aromatic heterocycles. The average molecular weight is 404 g/mol. The van der Waals surface area contributed by atoms with E-state index in [9.17, 15) is 4.79 Å². The van der Waals surface area contributed by atoms with E-state index in [0.717, 1.165) is 59.3 Å². The van der Waals surface area contributed by atoms with Gasteiger partial charge in [0.25, 0.3) is 5.89 Å². The normalized spacial score (nSPS) is 18.5. The van der Waals surface area contributed by atoms with Crippen LogP contribution in [-0.2, 0) is 17.8 Å². The van der Waals surface area contributed by atoms with Gasteiger partial charge in [0.1, 0.15) is 0 Å². The molecule has 0 saturated heterocycles. The quantitative estimate of drug-likeness (QED) is 0.672. The zero-order valence-corrected chi connectivity index (χ0v) is 17.2. The van der Waals surface area contributed by atoms with Gasteiger partial charge in [-0.25, -0.2) is 0 Å². The fraction of sp³-hybridized carbons (Fsp3) is 0.409. The molecule has 4 heterocycles. The first-order valence-electron chi connectivity index (χ1n) is 10.4. The Morgan fingerprint density at radius 3 is 2.93 bits per heavy atom. The van der Waals surface area contributed by atoms with E-state index in [1.54, 1.807) is 6.20 Å². The first-order valence-corrected chi connectivity index (χ1v) is 10.4. The van der Waals surface area contributed by atoms with Crippen LogP contribution in [0.2, 0.25) is 0 Å². The summed E-state index contributed by atoms with van der Waals surface area (Å²) in [7, 11) is 0. The van der Waals surface area contributed by atoms with E-state index in [2.05, 4.69) is 37.5 Å². The van der Waals surface area contributed by atoms with Crippen LogP contribution in [0.3, 0.4) is 0 Å². The Labute approximate surface area is 174 Å². The van der Waals surface area contributed by atoms with E-state index in [-0.39, 0.29) is 11.8 Å². The number of nitrogens with zero attached hydrogens (tertiary/aromatic N) is 5. The summed E-state index contributed by atoms with van der Waals surface area (Å²) >= 11 is 0. The van der Waals surface area contributed by atoms with Crippen molar-refractivity contribution >= 4 is 5.91 Å². The lowest BCUT2D eigenvalue weighted by atomic mass is 9.90. The molecule has 2 aliphatic rings. The SMILES string of the molecule is Cc1ncc2c(c1-c1noc(-c3cn[nH]c3C)n1)CCN(C(=O)C1CC=CCC1)C2. The van der Waals surface area contributed by atoms with Crippen LogP contribution in [0.4, 0.5) is 0 Å².